The molecule has 0 aliphatic carbocycles. The monoisotopic (exact) mass is 316 g/mol. The quantitative estimate of drug-likeness (QED) is 0.809. The molecule has 22 heavy (non-hydrogen) atoms. The summed E-state index contributed by atoms with van der Waals surface area (Å²) in [5.41, 5.74) is 3.67. The molecule has 0 bridgehead atoms. The Labute approximate surface area is 132 Å². The number of nitrogens with one attached hydrogen (secondary N) is 1. The van der Waals surface area contributed by atoms with Crippen LogP contribution in [0.4, 0.5) is 21.5 Å². The first-order valence-electron chi connectivity index (χ1n) is 7.36. The first-order chi connectivity index (χ1) is 10.7. The number of thiophene rings is 1. The lowest BCUT2D eigenvalue weighted by molar-refractivity contribution is 0.216. The maximum atomic E-state index is 13.6. The zero-order valence-electron chi connectivity index (χ0n) is 12.3. The smallest absolute Gasteiger partial charge is 0.139 e. The number of benzene rings is 1. The maximum Gasteiger partial charge on any atom is 0.139 e. The number of aliphatic imine (C=N–C) groups is 1. The highest BCUT2D eigenvalue weighted by Crippen LogP contribution is 2.36. The molecule has 2 aliphatic heterocycles. The predicted octanol–water partition coefficient (Wildman–Crippen LogP) is 3.27. The summed E-state index contributed by atoms with van der Waals surface area (Å²) in [5.74, 6) is 0.688. The van der Waals surface area contributed by atoms with E-state index in [2.05, 4.69) is 32.9 Å². The zero-order valence-corrected chi connectivity index (χ0v) is 13.2. The molecule has 6 heteroatoms. The summed E-state index contributed by atoms with van der Waals surface area (Å²) >= 11 is 1.66. The summed E-state index contributed by atoms with van der Waals surface area (Å²) in [5, 5.41) is 7.58. The molecule has 0 spiro atoms. The molecule has 4 rings (SSSR count). The topological polar surface area (TPSA) is 30.9 Å². The first kappa shape index (κ1) is 13.7. The van der Waals surface area contributed by atoms with Crippen molar-refractivity contribution in [2.45, 2.75) is 0 Å². The van der Waals surface area contributed by atoms with Crippen molar-refractivity contribution in [1.29, 1.82) is 0 Å². The van der Waals surface area contributed by atoms with Crippen LogP contribution in [0.25, 0.3) is 0 Å². The molecule has 2 aromatic rings. The van der Waals surface area contributed by atoms with Gasteiger partial charge in [-0.15, -0.1) is 11.3 Å². The fourth-order valence-electron chi connectivity index (χ4n) is 2.85. The van der Waals surface area contributed by atoms with Crippen LogP contribution >= 0.6 is 11.3 Å². The summed E-state index contributed by atoms with van der Waals surface area (Å²) in [6.07, 6.45) is 0. The van der Waals surface area contributed by atoms with Gasteiger partial charge in [0.1, 0.15) is 11.7 Å². The van der Waals surface area contributed by atoms with Gasteiger partial charge in [-0.05, 0) is 19.2 Å². The lowest BCUT2D eigenvalue weighted by atomic mass is 10.2. The van der Waals surface area contributed by atoms with Crippen LogP contribution < -0.4 is 5.32 Å². The normalized spacial score (nSPS) is 18.1. The van der Waals surface area contributed by atoms with Gasteiger partial charge in [-0.2, -0.15) is 0 Å². The van der Waals surface area contributed by atoms with E-state index in [1.54, 1.807) is 17.4 Å². The molecule has 1 saturated heterocycles. The molecule has 1 fully saturated rings. The third kappa shape index (κ3) is 2.38. The number of hydrogen-bond acceptors (Lipinski definition) is 5. The summed E-state index contributed by atoms with van der Waals surface area (Å²) in [6.45, 7) is 3.91. The van der Waals surface area contributed by atoms with Crippen LogP contribution in [-0.4, -0.2) is 48.9 Å². The highest BCUT2D eigenvalue weighted by atomic mass is 32.1. The van der Waals surface area contributed by atoms with Crippen LogP contribution in [0, 0.1) is 5.82 Å². The van der Waals surface area contributed by atoms with E-state index in [0.29, 0.717) is 5.69 Å². The van der Waals surface area contributed by atoms with E-state index in [1.807, 2.05) is 0 Å². The second-order valence-corrected chi connectivity index (χ2v) is 6.45. The molecular formula is C16H17FN4S. The first-order valence-corrected chi connectivity index (χ1v) is 8.30. The SMILES string of the molecule is CN1CCN(C2=Nc3cc(F)ccc3Nc3cscc32)CC1. The Kier molecular flexibility index (Phi) is 3.35. The van der Waals surface area contributed by atoms with E-state index < -0.39 is 0 Å². The Morgan fingerprint density at radius 2 is 1.95 bits per heavy atom. The van der Waals surface area contributed by atoms with Crippen LogP contribution in [0.5, 0.6) is 0 Å². The standard InChI is InChI=1S/C16H17FN4S/c1-20-4-6-21(7-5-20)16-12-9-22-10-15(12)18-13-3-2-11(17)8-14(13)19-16/h2-3,8-10,18H,4-7H2,1H3. The average Bonchev–Trinajstić information content (AvgIpc) is 2.91. The molecule has 0 saturated carbocycles. The van der Waals surface area contributed by atoms with Crippen molar-refractivity contribution in [3.63, 3.8) is 0 Å². The van der Waals surface area contributed by atoms with Crippen molar-refractivity contribution in [2.75, 3.05) is 38.5 Å². The van der Waals surface area contributed by atoms with Gasteiger partial charge >= 0.3 is 0 Å². The molecule has 0 amide bonds. The van der Waals surface area contributed by atoms with Gasteiger partial charge in [0.05, 0.1) is 22.6 Å². The minimum absolute atomic E-state index is 0.258. The maximum absolute atomic E-state index is 13.6. The number of nitrogens with zero attached hydrogens (tertiary/aromatic N) is 3. The second-order valence-electron chi connectivity index (χ2n) is 5.71. The van der Waals surface area contributed by atoms with E-state index in [0.717, 1.165) is 49.0 Å². The number of piperazine rings is 1. The molecule has 1 aromatic carbocycles. The molecule has 2 aliphatic rings. The highest BCUT2D eigenvalue weighted by molar-refractivity contribution is 7.08. The van der Waals surface area contributed by atoms with E-state index in [4.69, 9.17) is 4.99 Å². The minimum Gasteiger partial charge on any atom is -0.353 e. The third-order valence-electron chi connectivity index (χ3n) is 4.16. The molecule has 4 nitrogen and oxygen atoms in total. The molecule has 114 valence electrons. The van der Waals surface area contributed by atoms with E-state index in [1.165, 1.54) is 12.1 Å². The van der Waals surface area contributed by atoms with Crippen molar-refractivity contribution in [3.05, 3.63) is 40.3 Å². The number of amidine groups is 1. The van der Waals surface area contributed by atoms with Crippen molar-refractivity contribution in [3.8, 4) is 0 Å². The summed E-state index contributed by atoms with van der Waals surface area (Å²) < 4.78 is 13.6. The lowest BCUT2D eigenvalue weighted by Crippen LogP contribution is -2.47. The van der Waals surface area contributed by atoms with Crippen molar-refractivity contribution < 1.29 is 4.39 Å². The molecular weight excluding hydrogens is 299 g/mol. The van der Waals surface area contributed by atoms with Crippen LogP contribution in [-0.2, 0) is 0 Å². The zero-order chi connectivity index (χ0) is 15.1. The molecule has 0 atom stereocenters. The highest BCUT2D eigenvalue weighted by Gasteiger charge is 2.24. The second kappa shape index (κ2) is 5.37. The van der Waals surface area contributed by atoms with Gasteiger partial charge in [0.2, 0.25) is 0 Å². The summed E-state index contributed by atoms with van der Waals surface area (Å²) in [4.78, 5) is 9.40. The summed E-state index contributed by atoms with van der Waals surface area (Å²) in [7, 11) is 2.13. The van der Waals surface area contributed by atoms with E-state index in [-0.39, 0.29) is 5.82 Å². The Morgan fingerprint density at radius 1 is 1.14 bits per heavy atom. The largest absolute Gasteiger partial charge is 0.353 e. The van der Waals surface area contributed by atoms with E-state index in [9.17, 15) is 4.39 Å². The van der Waals surface area contributed by atoms with Crippen LogP contribution in [0.2, 0.25) is 0 Å². The van der Waals surface area contributed by atoms with Crippen molar-refractivity contribution in [2.24, 2.45) is 4.99 Å². The third-order valence-corrected chi connectivity index (χ3v) is 4.90. The number of anilines is 2. The van der Waals surface area contributed by atoms with Gasteiger partial charge in [0.25, 0.3) is 0 Å². The Balaban J connectivity index is 1.80. The number of likely N-dealkylation sites (N-methyl/N-ethyl adjacent to an activating group) is 1. The Bertz CT molecular complexity index is 731. The predicted molar refractivity (Wildman–Crippen MR) is 89.3 cm³/mol. The molecule has 1 N–H and O–H groups in total. The number of rotatable bonds is 0. The van der Waals surface area contributed by atoms with Gasteiger partial charge in [0.15, 0.2) is 0 Å². The Morgan fingerprint density at radius 3 is 2.77 bits per heavy atom. The van der Waals surface area contributed by atoms with E-state index >= 15 is 0 Å². The van der Waals surface area contributed by atoms with Gasteiger partial charge in [0, 0.05) is 43.0 Å². The Hall–Kier alpha value is -1.92. The van der Waals surface area contributed by atoms with Crippen molar-refractivity contribution in [1.82, 2.24) is 9.80 Å². The molecule has 3 heterocycles. The number of hydrogen-bond donors (Lipinski definition) is 1. The van der Waals surface area contributed by atoms with Crippen LogP contribution in [0.3, 0.4) is 0 Å². The number of halogens is 1. The van der Waals surface area contributed by atoms with Gasteiger partial charge < -0.3 is 15.1 Å². The van der Waals surface area contributed by atoms with Crippen LogP contribution in [0.1, 0.15) is 5.56 Å². The minimum atomic E-state index is -0.258. The summed E-state index contributed by atoms with van der Waals surface area (Å²) in [6, 6.07) is 4.71. The molecule has 0 unspecified atom stereocenters. The van der Waals surface area contributed by atoms with Crippen LogP contribution in [0.15, 0.2) is 34.0 Å². The van der Waals surface area contributed by atoms with Gasteiger partial charge in [-0.3, -0.25) is 0 Å². The van der Waals surface area contributed by atoms with Gasteiger partial charge in [-0.1, -0.05) is 0 Å². The average molecular weight is 316 g/mol. The van der Waals surface area contributed by atoms with Crippen molar-refractivity contribution >= 4 is 34.2 Å². The lowest BCUT2D eigenvalue weighted by Gasteiger charge is -2.34. The van der Waals surface area contributed by atoms with Gasteiger partial charge in [-0.25, -0.2) is 9.38 Å². The molecule has 0 radical (unpaired) electrons. The fraction of sp³-hybridized carbons (Fsp3) is 0.312. The number of fused-ring (bicyclic) bond motifs is 2. The molecule has 1 aromatic heterocycles. The fourth-order valence-corrected chi connectivity index (χ4v) is 3.61.